The van der Waals surface area contributed by atoms with Crippen LogP contribution in [0, 0.1) is 5.92 Å². The van der Waals surface area contributed by atoms with Gasteiger partial charge in [0.15, 0.2) is 9.84 Å². The standard InChI is InChI=1S/C10H19NO3S/c1-8(2)6-11(9(3)12)10-4-5-15(13,14)7-10/h8,10H,4-7H2,1-3H3. The third kappa shape index (κ3) is 3.48. The summed E-state index contributed by atoms with van der Waals surface area (Å²) in [6.45, 7) is 6.21. The van der Waals surface area contributed by atoms with Crippen molar-refractivity contribution in [3.8, 4) is 0 Å². The zero-order valence-electron chi connectivity index (χ0n) is 9.56. The Kier molecular flexibility index (Phi) is 3.76. The molecule has 1 amide bonds. The molecule has 1 aliphatic rings. The summed E-state index contributed by atoms with van der Waals surface area (Å²) in [6, 6.07) is -0.102. The summed E-state index contributed by atoms with van der Waals surface area (Å²) in [4.78, 5) is 13.1. The van der Waals surface area contributed by atoms with E-state index in [2.05, 4.69) is 0 Å². The van der Waals surface area contributed by atoms with Crippen LogP contribution in [-0.4, -0.2) is 43.3 Å². The van der Waals surface area contributed by atoms with Gasteiger partial charge in [0.2, 0.25) is 5.91 Å². The molecule has 0 aromatic rings. The number of hydrogen-bond acceptors (Lipinski definition) is 3. The Bertz CT molecular complexity index is 335. The number of nitrogens with zero attached hydrogens (tertiary/aromatic N) is 1. The third-order valence-corrected chi connectivity index (χ3v) is 4.37. The van der Waals surface area contributed by atoms with Gasteiger partial charge in [-0.1, -0.05) is 13.8 Å². The summed E-state index contributed by atoms with van der Waals surface area (Å²) in [5, 5.41) is 0. The molecule has 0 bridgehead atoms. The molecule has 1 fully saturated rings. The normalized spacial score (nSPS) is 24.4. The van der Waals surface area contributed by atoms with Crippen LogP contribution in [0.1, 0.15) is 27.2 Å². The molecule has 4 nitrogen and oxygen atoms in total. The molecule has 5 heteroatoms. The molecule has 0 aromatic carbocycles. The monoisotopic (exact) mass is 233 g/mol. The van der Waals surface area contributed by atoms with E-state index in [1.54, 1.807) is 4.90 Å². The van der Waals surface area contributed by atoms with Crippen molar-refractivity contribution < 1.29 is 13.2 Å². The van der Waals surface area contributed by atoms with E-state index in [1.165, 1.54) is 6.92 Å². The molecule has 0 spiro atoms. The fraction of sp³-hybridized carbons (Fsp3) is 0.900. The Morgan fingerprint density at radius 2 is 2.07 bits per heavy atom. The van der Waals surface area contributed by atoms with Crippen molar-refractivity contribution in [2.45, 2.75) is 33.2 Å². The average molecular weight is 233 g/mol. The molecule has 1 unspecified atom stereocenters. The number of carbonyl (C=O) groups is 1. The molecule has 15 heavy (non-hydrogen) atoms. The summed E-state index contributed by atoms with van der Waals surface area (Å²) in [5.74, 6) is 0.710. The highest BCUT2D eigenvalue weighted by atomic mass is 32.2. The molecular weight excluding hydrogens is 214 g/mol. The lowest BCUT2D eigenvalue weighted by atomic mass is 10.1. The molecular formula is C10H19NO3S. The van der Waals surface area contributed by atoms with Gasteiger partial charge in [-0.15, -0.1) is 0 Å². The summed E-state index contributed by atoms with van der Waals surface area (Å²) in [5.41, 5.74) is 0. The van der Waals surface area contributed by atoms with Crippen LogP contribution in [0.4, 0.5) is 0 Å². The number of hydrogen-bond donors (Lipinski definition) is 0. The lowest BCUT2D eigenvalue weighted by Crippen LogP contribution is -2.41. The molecule has 0 aliphatic carbocycles. The van der Waals surface area contributed by atoms with Crippen molar-refractivity contribution in [3.05, 3.63) is 0 Å². The Morgan fingerprint density at radius 3 is 2.40 bits per heavy atom. The fourth-order valence-corrected chi connectivity index (χ4v) is 3.68. The van der Waals surface area contributed by atoms with Crippen molar-refractivity contribution in [2.75, 3.05) is 18.1 Å². The molecule has 1 saturated heterocycles. The smallest absolute Gasteiger partial charge is 0.219 e. The summed E-state index contributed by atoms with van der Waals surface area (Å²) < 4.78 is 22.6. The number of rotatable bonds is 3. The van der Waals surface area contributed by atoms with Gasteiger partial charge >= 0.3 is 0 Å². The molecule has 1 atom stereocenters. The zero-order chi connectivity index (χ0) is 11.6. The molecule has 0 radical (unpaired) electrons. The maximum Gasteiger partial charge on any atom is 0.219 e. The molecule has 0 N–H and O–H groups in total. The van der Waals surface area contributed by atoms with Gasteiger partial charge in [-0.3, -0.25) is 4.79 Å². The molecule has 88 valence electrons. The minimum Gasteiger partial charge on any atom is -0.339 e. The van der Waals surface area contributed by atoms with Crippen LogP contribution in [0.15, 0.2) is 0 Å². The maximum absolute atomic E-state index is 11.4. The lowest BCUT2D eigenvalue weighted by molar-refractivity contribution is -0.131. The first kappa shape index (κ1) is 12.5. The van der Waals surface area contributed by atoms with Crippen LogP contribution < -0.4 is 0 Å². The van der Waals surface area contributed by atoms with Crippen LogP contribution in [0.3, 0.4) is 0 Å². The molecule has 0 aromatic heterocycles. The van der Waals surface area contributed by atoms with Gasteiger partial charge in [-0.25, -0.2) is 8.42 Å². The summed E-state index contributed by atoms with van der Waals surface area (Å²) >= 11 is 0. The van der Waals surface area contributed by atoms with Gasteiger partial charge in [0.05, 0.1) is 11.5 Å². The van der Waals surface area contributed by atoms with Crippen molar-refractivity contribution in [1.82, 2.24) is 4.90 Å². The van der Waals surface area contributed by atoms with E-state index in [1.807, 2.05) is 13.8 Å². The fourth-order valence-electron chi connectivity index (χ4n) is 1.95. The summed E-state index contributed by atoms with van der Waals surface area (Å²) in [7, 11) is -2.90. The molecule has 1 aliphatic heterocycles. The Labute approximate surface area is 91.6 Å². The zero-order valence-corrected chi connectivity index (χ0v) is 10.4. The number of amides is 1. The van der Waals surface area contributed by atoms with E-state index in [0.29, 0.717) is 18.9 Å². The number of carbonyl (C=O) groups excluding carboxylic acids is 1. The van der Waals surface area contributed by atoms with Crippen molar-refractivity contribution in [3.63, 3.8) is 0 Å². The van der Waals surface area contributed by atoms with Gasteiger partial charge < -0.3 is 4.90 Å². The Balaban J connectivity index is 2.70. The SMILES string of the molecule is CC(=O)N(CC(C)C)C1CCS(=O)(=O)C1. The summed E-state index contributed by atoms with van der Waals surface area (Å²) in [6.07, 6.45) is 0.592. The van der Waals surface area contributed by atoms with Gasteiger partial charge in [-0.05, 0) is 12.3 Å². The van der Waals surface area contributed by atoms with Crippen LogP contribution in [0.25, 0.3) is 0 Å². The van der Waals surface area contributed by atoms with E-state index in [9.17, 15) is 13.2 Å². The topological polar surface area (TPSA) is 54.5 Å². The first-order chi connectivity index (χ1) is 6.82. The first-order valence-electron chi connectivity index (χ1n) is 5.29. The van der Waals surface area contributed by atoms with Crippen molar-refractivity contribution in [1.29, 1.82) is 0 Å². The van der Waals surface area contributed by atoms with Gasteiger partial charge in [-0.2, -0.15) is 0 Å². The van der Waals surface area contributed by atoms with Crippen LogP contribution in [0.5, 0.6) is 0 Å². The third-order valence-electron chi connectivity index (χ3n) is 2.62. The molecule has 1 heterocycles. The number of sulfone groups is 1. The quantitative estimate of drug-likeness (QED) is 0.720. The van der Waals surface area contributed by atoms with E-state index in [0.717, 1.165) is 0 Å². The maximum atomic E-state index is 11.4. The average Bonchev–Trinajstić information content (AvgIpc) is 2.41. The van der Waals surface area contributed by atoms with E-state index in [4.69, 9.17) is 0 Å². The predicted octanol–water partition coefficient (Wildman–Crippen LogP) is 0.678. The second-order valence-electron chi connectivity index (χ2n) is 4.62. The largest absolute Gasteiger partial charge is 0.339 e. The van der Waals surface area contributed by atoms with Gasteiger partial charge in [0.25, 0.3) is 0 Å². The first-order valence-corrected chi connectivity index (χ1v) is 7.11. The van der Waals surface area contributed by atoms with Crippen molar-refractivity contribution >= 4 is 15.7 Å². The second-order valence-corrected chi connectivity index (χ2v) is 6.85. The highest BCUT2D eigenvalue weighted by Crippen LogP contribution is 2.18. The highest BCUT2D eigenvalue weighted by molar-refractivity contribution is 7.91. The van der Waals surface area contributed by atoms with Gasteiger partial charge in [0, 0.05) is 19.5 Å². The van der Waals surface area contributed by atoms with Gasteiger partial charge in [0.1, 0.15) is 0 Å². The minimum atomic E-state index is -2.90. The molecule has 0 saturated carbocycles. The molecule has 1 rings (SSSR count). The van der Waals surface area contributed by atoms with E-state index < -0.39 is 9.84 Å². The van der Waals surface area contributed by atoms with Crippen LogP contribution in [0.2, 0.25) is 0 Å². The second kappa shape index (κ2) is 4.51. The Hall–Kier alpha value is -0.580. The van der Waals surface area contributed by atoms with Crippen LogP contribution in [-0.2, 0) is 14.6 Å². The Morgan fingerprint density at radius 1 is 1.47 bits per heavy atom. The predicted molar refractivity (Wildman–Crippen MR) is 59.3 cm³/mol. The van der Waals surface area contributed by atoms with Crippen molar-refractivity contribution in [2.24, 2.45) is 5.92 Å². The van der Waals surface area contributed by atoms with Crippen LogP contribution >= 0.6 is 0 Å². The van der Waals surface area contributed by atoms with E-state index in [-0.39, 0.29) is 23.5 Å². The highest BCUT2D eigenvalue weighted by Gasteiger charge is 2.33. The minimum absolute atomic E-state index is 0.0224. The van der Waals surface area contributed by atoms with E-state index >= 15 is 0 Å². The lowest BCUT2D eigenvalue weighted by Gasteiger charge is -2.28.